The van der Waals surface area contributed by atoms with Gasteiger partial charge in [0.2, 0.25) is 11.1 Å². The molecule has 0 unspecified atom stereocenters. The van der Waals surface area contributed by atoms with Crippen molar-refractivity contribution in [2.24, 2.45) is 0 Å². The zero-order valence-electron chi connectivity index (χ0n) is 12.7. The summed E-state index contributed by atoms with van der Waals surface area (Å²) < 4.78 is 7.38. The number of rotatable bonds is 9. The third-order valence-corrected chi connectivity index (χ3v) is 4.28. The van der Waals surface area contributed by atoms with Gasteiger partial charge >= 0.3 is 0 Å². The van der Waals surface area contributed by atoms with E-state index in [9.17, 15) is 4.79 Å². The summed E-state index contributed by atoms with van der Waals surface area (Å²) in [6, 6.07) is 10.1. The first-order valence-corrected chi connectivity index (χ1v) is 8.67. The van der Waals surface area contributed by atoms with Gasteiger partial charge in [0.25, 0.3) is 0 Å². The second kappa shape index (κ2) is 7.96. The molecule has 1 N–H and O–H groups in total. The Labute approximate surface area is 138 Å². The number of nitrogens with zero attached hydrogens (tertiary/aromatic N) is 4. The lowest BCUT2D eigenvalue weighted by atomic mass is 10.3. The maximum atomic E-state index is 11.8. The highest BCUT2D eigenvalue weighted by Crippen LogP contribution is 2.36. The fourth-order valence-corrected chi connectivity index (χ4v) is 2.79. The highest BCUT2D eigenvalue weighted by molar-refractivity contribution is 7.99. The Morgan fingerprint density at radius 3 is 2.96 bits per heavy atom. The number of ether oxygens (including phenoxy) is 1. The van der Waals surface area contributed by atoms with Crippen LogP contribution in [0.2, 0.25) is 0 Å². The van der Waals surface area contributed by atoms with E-state index in [2.05, 4.69) is 20.8 Å². The summed E-state index contributed by atoms with van der Waals surface area (Å²) in [5, 5.41) is 15.2. The second-order valence-electron chi connectivity index (χ2n) is 5.29. The topological polar surface area (TPSA) is 81.9 Å². The van der Waals surface area contributed by atoms with Crippen molar-refractivity contribution in [2.75, 3.05) is 18.9 Å². The number of tetrazole rings is 1. The molecule has 0 saturated heterocycles. The van der Waals surface area contributed by atoms with Crippen LogP contribution in [0.3, 0.4) is 0 Å². The lowest BCUT2D eigenvalue weighted by molar-refractivity contribution is -0.118. The average Bonchev–Trinajstić information content (AvgIpc) is 3.32. The van der Waals surface area contributed by atoms with Crippen molar-refractivity contribution in [3.05, 3.63) is 30.3 Å². The van der Waals surface area contributed by atoms with Gasteiger partial charge in [-0.3, -0.25) is 4.79 Å². The first-order valence-electron chi connectivity index (χ1n) is 7.68. The Balaban J connectivity index is 1.28. The third kappa shape index (κ3) is 4.95. The van der Waals surface area contributed by atoms with Gasteiger partial charge in [0, 0.05) is 6.54 Å². The Morgan fingerprint density at radius 2 is 2.17 bits per heavy atom. The van der Waals surface area contributed by atoms with Gasteiger partial charge < -0.3 is 10.1 Å². The standard InChI is InChI=1S/C15H19N5O2S/c21-14(11-23-15-17-18-19-20(15)12-7-8-12)16-9-4-10-22-13-5-2-1-3-6-13/h1-3,5-6,12H,4,7-11H2,(H,16,21). The molecule has 1 amide bonds. The van der Waals surface area contributed by atoms with Crippen molar-refractivity contribution in [1.29, 1.82) is 0 Å². The molecule has 1 aromatic carbocycles. The van der Waals surface area contributed by atoms with Crippen LogP contribution in [0.5, 0.6) is 5.75 Å². The molecule has 0 aliphatic heterocycles. The molecule has 1 aliphatic carbocycles. The first-order chi connectivity index (χ1) is 11.3. The number of thioether (sulfide) groups is 1. The van der Waals surface area contributed by atoms with Gasteiger partial charge in [-0.1, -0.05) is 30.0 Å². The van der Waals surface area contributed by atoms with Gasteiger partial charge in [0.15, 0.2) is 0 Å². The molecule has 3 rings (SSSR count). The maximum Gasteiger partial charge on any atom is 0.230 e. The first kappa shape index (κ1) is 15.8. The third-order valence-electron chi connectivity index (χ3n) is 3.34. The number of amides is 1. The van der Waals surface area contributed by atoms with Gasteiger partial charge in [-0.05, 0) is 41.8 Å². The van der Waals surface area contributed by atoms with Gasteiger partial charge in [0.05, 0.1) is 18.4 Å². The largest absolute Gasteiger partial charge is 0.494 e. The number of nitrogens with one attached hydrogen (secondary N) is 1. The molecule has 0 spiro atoms. The van der Waals surface area contributed by atoms with Gasteiger partial charge in [-0.15, -0.1) is 5.10 Å². The van der Waals surface area contributed by atoms with E-state index in [-0.39, 0.29) is 5.91 Å². The molecule has 2 aromatic rings. The molecule has 23 heavy (non-hydrogen) atoms. The molecule has 0 bridgehead atoms. The van der Waals surface area contributed by atoms with E-state index < -0.39 is 0 Å². The Morgan fingerprint density at radius 1 is 1.35 bits per heavy atom. The molecular formula is C15H19N5O2S. The molecule has 122 valence electrons. The van der Waals surface area contributed by atoms with Crippen molar-refractivity contribution in [1.82, 2.24) is 25.5 Å². The van der Waals surface area contributed by atoms with Crippen molar-refractivity contribution < 1.29 is 9.53 Å². The number of aromatic nitrogens is 4. The lowest BCUT2D eigenvalue weighted by Crippen LogP contribution is -2.27. The van der Waals surface area contributed by atoms with Gasteiger partial charge in [-0.2, -0.15) is 0 Å². The van der Waals surface area contributed by atoms with Gasteiger partial charge in [-0.25, -0.2) is 4.68 Å². The number of para-hydroxylation sites is 1. The van der Waals surface area contributed by atoms with Crippen LogP contribution in [-0.4, -0.2) is 45.0 Å². The smallest absolute Gasteiger partial charge is 0.230 e. The molecule has 7 nitrogen and oxygen atoms in total. The van der Waals surface area contributed by atoms with Crippen LogP contribution < -0.4 is 10.1 Å². The number of carbonyl (C=O) groups excluding carboxylic acids is 1. The Bertz CT molecular complexity index is 630. The molecular weight excluding hydrogens is 314 g/mol. The summed E-state index contributed by atoms with van der Waals surface area (Å²) in [6.45, 7) is 1.18. The van der Waals surface area contributed by atoms with E-state index >= 15 is 0 Å². The van der Waals surface area contributed by atoms with Crippen LogP contribution in [0.25, 0.3) is 0 Å². The van der Waals surface area contributed by atoms with Gasteiger partial charge in [0.1, 0.15) is 5.75 Å². The Kier molecular flexibility index (Phi) is 5.46. The quantitative estimate of drug-likeness (QED) is 0.555. The molecule has 1 saturated carbocycles. The molecule has 1 aliphatic rings. The average molecular weight is 333 g/mol. The van der Waals surface area contributed by atoms with E-state index in [4.69, 9.17) is 4.74 Å². The van der Waals surface area contributed by atoms with Crippen LogP contribution in [-0.2, 0) is 4.79 Å². The number of hydrogen-bond acceptors (Lipinski definition) is 6. The summed E-state index contributed by atoms with van der Waals surface area (Å²) in [5.41, 5.74) is 0. The van der Waals surface area contributed by atoms with E-state index in [1.54, 1.807) is 0 Å². The summed E-state index contributed by atoms with van der Waals surface area (Å²) in [4.78, 5) is 11.8. The summed E-state index contributed by atoms with van der Waals surface area (Å²) in [7, 11) is 0. The number of hydrogen-bond donors (Lipinski definition) is 1. The van der Waals surface area contributed by atoms with Crippen LogP contribution >= 0.6 is 11.8 Å². The molecule has 8 heteroatoms. The fraction of sp³-hybridized carbons (Fsp3) is 0.467. The van der Waals surface area contributed by atoms with Crippen molar-refractivity contribution >= 4 is 17.7 Å². The van der Waals surface area contributed by atoms with Crippen LogP contribution in [0.4, 0.5) is 0 Å². The molecule has 1 fully saturated rings. The monoisotopic (exact) mass is 333 g/mol. The molecule has 0 radical (unpaired) electrons. The van der Waals surface area contributed by atoms with E-state index in [1.807, 2.05) is 35.0 Å². The summed E-state index contributed by atoms with van der Waals surface area (Å²) >= 11 is 1.37. The maximum absolute atomic E-state index is 11.8. The van der Waals surface area contributed by atoms with Crippen molar-refractivity contribution in [3.63, 3.8) is 0 Å². The Hall–Kier alpha value is -2.09. The number of benzene rings is 1. The van der Waals surface area contributed by atoms with E-state index in [1.165, 1.54) is 11.8 Å². The van der Waals surface area contributed by atoms with Crippen LogP contribution in [0.15, 0.2) is 35.5 Å². The number of carbonyl (C=O) groups is 1. The van der Waals surface area contributed by atoms with E-state index in [0.29, 0.717) is 24.9 Å². The van der Waals surface area contributed by atoms with E-state index in [0.717, 1.165) is 30.2 Å². The zero-order valence-corrected chi connectivity index (χ0v) is 13.5. The zero-order chi connectivity index (χ0) is 15.9. The minimum absolute atomic E-state index is 0.0138. The normalized spacial score (nSPS) is 13.7. The summed E-state index contributed by atoms with van der Waals surface area (Å²) in [5.74, 6) is 1.16. The van der Waals surface area contributed by atoms with Crippen molar-refractivity contribution in [2.45, 2.75) is 30.5 Å². The lowest BCUT2D eigenvalue weighted by Gasteiger charge is -2.07. The second-order valence-corrected chi connectivity index (χ2v) is 6.23. The minimum atomic E-state index is -0.0138. The molecule has 1 heterocycles. The van der Waals surface area contributed by atoms with Crippen molar-refractivity contribution in [3.8, 4) is 5.75 Å². The summed E-state index contributed by atoms with van der Waals surface area (Å²) in [6.07, 6.45) is 3.00. The SMILES string of the molecule is O=C(CSc1nnnn1C1CC1)NCCCOc1ccccc1. The van der Waals surface area contributed by atoms with Crippen LogP contribution in [0.1, 0.15) is 25.3 Å². The molecule has 1 aromatic heterocycles. The fourth-order valence-electron chi connectivity index (χ4n) is 2.02. The highest BCUT2D eigenvalue weighted by atomic mass is 32.2. The van der Waals surface area contributed by atoms with Crippen LogP contribution in [0, 0.1) is 0 Å². The minimum Gasteiger partial charge on any atom is -0.494 e. The predicted octanol–water partition coefficient (Wildman–Crippen LogP) is 1.69. The predicted molar refractivity (Wildman–Crippen MR) is 86.4 cm³/mol. The highest BCUT2D eigenvalue weighted by Gasteiger charge is 2.28. The molecule has 0 atom stereocenters.